The van der Waals surface area contributed by atoms with Crippen LogP contribution in [0.15, 0.2) is 12.1 Å². The molecule has 0 aliphatic rings. The molecule has 0 unspecified atom stereocenters. The number of rotatable bonds is 4. The number of hydrogen-bond donors (Lipinski definition) is 1. The number of benzene rings is 1. The van der Waals surface area contributed by atoms with Crippen LogP contribution in [0.2, 0.25) is 0 Å². The molecule has 15 heavy (non-hydrogen) atoms. The van der Waals surface area contributed by atoms with Gasteiger partial charge in [-0.25, -0.2) is 0 Å². The fraction of sp³-hybridized carbons (Fsp3) is 0.571. The predicted octanol–water partition coefficient (Wildman–Crippen LogP) is 3.73. The van der Waals surface area contributed by atoms with E-state index in [1.807, 2.05) is 0 Å². The minimum Gasteiger partial charge on any atom is -0.398 e. The van der Waals surface area contributed by atoms with Gasteiger partial charge in [0.2, 0.25) is 0 Å². The lowest BCUT2D eigenvalue weighted by Crippen LogP contribution is -2.01. The van der Waals surface area contributed by atoms with Crippen LogP contribution in [0, 0.1) is 12.8 Å². The fourth-order valence-electron chi connectivity index (χ4n) is 2.02. The monoisotopic (exact) mass is 205 g/mol. The van der Waals surface area contributed by atoms with E-state index in [2.05, 4.69) is 39.8 Å². The SMILES string of the molecule is CCCc1cc(CC(C)C)cc(C)c1N. The first kappa shape index (κ1) is 12.1. The van der Waals surface area contributed by atoms with Gasteiger partial charge in [0.25, 0.3) is 0 Å². The van der Waals surface area contributed by atoms with E-state index in [0.717, 1.165) is 24.9 Å². The zero-order valence-electron chi connectivity index (χ0n) is 10.4. The molecule has 2 N–H and O–H groups in total. The summed E-state index contributed by atoms with van der Waals surface area (Å²) in [5.41, 5.74) is 11.0. The molecule has 1 heteroatoms. The van der Waals surface area contributed by atoms with Gasteiger partial charge >= 0.3 is 0 Å². The normalized spacial score (nSPS) is 11.0. The number of anilines is 1. The number of nitrogen functional groups attached to an aromatic ring is 1. The molecule has 0 amide bonds. The first-order chi connectivity index (χ1) is 7.04. The molecular formula is C14H23N. The smallest absolute Gasteiger partial charge is 0.0376 e. The molecule has 0 aliphatic heterocycles. The minimum atomic E-state index is 0.711. The van der Waals surface area contributed by atoms with Crippen molar-refractivity contribution < 1.29 is 0 Å². The van der Waals surface area contributed by atoms with Crippen molar-refractivity contribution >= 4 is 5.69 Å². The average Bonchev–Trinajstić information content (AvgIpc) is 2.12. The van der Waals surface area contributed by atoms with E-state index in [4.69, 9.17) is 5.73 Å². The van der Waals surface area contributed by atoms with Crippen molar-refractivity contribution in [2.24, 2.45) is 5.92 Å². The molecule has 1 aromatic carbocycles. The molecule has 1 aromatic rings. The summed E-state index contributed by atoms with van der Waals surface area (Å²) in [6.45, 7) is 8.82. The van der Waals surface area contributed by atoms with Crippen molar-refractivity contribution in [3.8, 4) is 0 Å². The Hall–Kier alpha value is -0.980. The zero-order chi connectivity index (χ0) is 11.4. The standard InChI is InChI=1S/C14H23N/c1-5-6-13-9-12(7-10(2)3)8-11(4)14(13)15/h8-10H,5-7,15H2,1-4H3. The molecule has 1 rings (SSSR count). The third-order valence-electron chi connectivity index (χ3n) is 2.70. The average molecular weight is 205 g/mol. The highest BCUT2D eigenvalue weighted by Gasteiger charge is 2.05. The Bertz CT molecular complexity index is 326. The van der Waals surface area contributed by atoms with Crippen LogP contribution >= 0.6 is 0 Å². The lowest BCUT2D eigenvalue weighted by Gasteiger charge is -2.12. The fourth-order valence-corrected chi connectivity index (χ4v) is 2.02. The predicted molar refractivity (Wildman–Crippen MR) is 68.1 cm³/mol. The van der Waals surface area contributed by atoms with Gasteiger partial charge in [-0.3, -0.25) is 0 Å². The lowest BCUT2D eigenvalue weighted by molar-refractivity contribution is 0.646. The van der Waals surface area contributed by atoms with Gasteiger partial charge < -0.3 is 5.73 Å². The number of aryl methyl sites for hydroxylation is 2. The highest BCUT2D eigenvalue weighted by molar-refractivity contribution is 5.55. The topological polar surface area (TPSA) is 26.0 Å². The molecule has 1 nitrogen and oxygen atoms in total. The van der Waals surface area contributed by atoms with Crippen LogP contribution in [0.5, 0.6) is 0 Å². The van der Waals surface area contributed by atoms with Crippen molar-refractivity contribution in [2.75, 3.05) is 5.73 Å². The van der Waals surface area contributed by atoms with Crippen molar-refractivity contribution in [1.82, 2.24) is 0 Å². The summed E-state index contributed by atoms with van der Waals surface area (Å²) in [5.74, 6) is 0.711. The third kappa shape index (κ3) is 3.26. The van der Waals surface area contributed by atoms with Crippen LogP contribution in [-0.4, -0.2) is 0 Å². The van der Waals surface area contributed by atoms with Crippen LogP contribution < -0.4 is 5.73 Å². The van der Waals surface area contributed by atoms with E-state index in [1.54, 1.807) is 0 Å². The van der Waals surface area contributed by atoms with E-state index in [-0.39, 0.29) is 0 Å². The van der Waals surface area contributed by atoms with Gasteiger partial charge in [-0.1, -0.05) is 39.3 Å². The number of hydrogen-bond acceptors (Lipinski definition) is 1. The molecule has 0 aromatic heterocycles. The molecule has 0 heterocycles. The van der Waals surface area contributed by atoms with Crippen molar-refractivity contribution in [1.29, 1.82) is 0 Å². The molecule has 0 spiro atoms. The maximum Gasteiger partial charge on any atom is 0.0376 e. The molecule has 84 valence electrons. The first-order valence-corrected chi connectivity index (χ1v) is 5.92. The van der Waals surface area contributed by atoms with Crippen molar-refractivity contribution in [2.45, 2.75) is 47.0 Å². The lowest BCUT2D eigenvalue weighted by atomic mass is 9.95. The van der Waals surface area contributed by atoms with Gasteiger partial charge in [0, 0.05) is 5.69 Å². The van der Waals surface area contributed by atoms with Gasteiger partial charge in [-0.05, 0) is 42.4 Å². The highest BCUT2D eigenvalue weighted by atomic mass is 14.6. The number of nitrogens with two attached hydrogens (primary N) is 1. The molecule has 0 bridgehead atoms. The maximum absolute atomic E-state index is 6.07. The quantitative estimate of drug-likeness (QED) is 0.745. The second-order valence-electron chi connectivity index (χ2n) is 4.83. The zero-order valence-corrected chi connectivity index (χ0v) is 10.4. The molecule has 0 radical (unpaired) electrons. The summed E-state index contributed by atoms with van der Waals surface area (Å²) in [7, 11) is 0. The Morgan fingerprint density at radius 1 is 1.27 bits per heavy atom. The van der Waals surface area contributed by atoms with E-state index in [9.17, 15) is 0 Å². The van der Waals surface area contributed by atoms with E-state index in [1.165, 1.54) is 16.7 Å². The molecule has 0 aliphatic carbocycles. The Morgan fingerprint density at radius 2 is 1.93 bits per heavy atom. The van der Waals surface area contributed by atoms with E-state index >= 15 is 0 Å². The van der Waals surface area contributed by atoms with Crippen LogP contribution in [0.3, 0.4) is 0 Å². The summed E-state index contributed by atoms with van der Waals surface area (Å²) in [6, 6.07) is 4.51. The Morgan fingerprint density at radius 3 is 2.47 bits per heavy atom. The van der Waals surface area contributed by atoms with Gasteiger partial charge in [-0.2, -0.15) is 0 Å². The summed E-state index contributed by atoms with van der Waals surface area (Å²) in [5, 5.41) is 0. The molecular weight excluding hydrogens is 182 g/mol. The van der Waals surface area contributed by atoms with Gasteiger partial charge in [-0.15, -0.1) is 0 Å². The molecule has 0 atom stereocenters. The van der Waals surface area contributed by atoms with Crippen LogP contribution in [-0.2, 0) is 12.8 Å². The Labute approximate surface area is 93.7 Å². The summed E-state index contributed by atoms with van der Waals surface area (Å²) >= 11 is 0. The highest BCUT2D eigenvalue weighted by Crippen LogP contribution is 2.22. The largest absolute Gasteiger partial charge is 0.398 e. The second-order valence-corrected chi connectivity index (χ2v) is 4.83. The van der Waals surface area contributed by atoms with Crippen molar-refractivity contribution in [3.05, 3.63) is 28.8 Å². The Kier molecular flexibility index (Phi) is 4.19. The first-order valence-electron chi connectivity index (χ1n) is 5.92. The summed E-state index contributed by atoms with van der Waals surface area (Å²) < 4.78 is 0. The van der Waals surface area contributed by atoms with Crippen molar-refractivity contribution in [3.63, 3.8) is 0 Å². The molecule has 0 saturated carbocycles. The third-order valence-corrected chi connectivity index (χ3v) is 2.70. The second kappa shape index (κ2) is 5.20. The summed E-state index contributed by atoms with van der Waals surface area (Å²) in [6.07, 6.45) is 3.41. The van der Waals surface area contributed by atoms with Gasteiger partial charge in [0.15, 0.2) is 0 Å². The van der Waals surface area contributed by atoms with Crippen LogP contribution in [0.4, 0.5) is 5.69 Å². The molecule has 0 fully saturated rings. The summed E-state index contributed by atoms with van der Waals surface area (Å²) in [4.78, 5) is 0. The van der Waals surface area contributed by atoms with Crippen LogP contribution in [0.25, 0.3) is 0 Å². The van der Waals surface area contributed by atoms with Crippen LogP contribution in [0.1, 0.15) is 43.9 Å². The van der Waals surface area contributed by atoms with E-state index in [0.29, 0.717) is 5.92 Å². The molecule has 0 saturated heterocycles. The maximum atomic E-state index is 6.07. The minimum absolute atomic E-state index is 0.711. The van der Waals surface area contributed by atoms with Gasteiger partial charge in [0.05, 0.1) is 0 Å². The Balaban J connectivity index is 3.00. The van der Waals surface area contributed by atoms with E-state index < -0.39 is 0 Å². The van der Waals surface area contributed by atoms with Gasteiger partial charge in [0.1, 0.15) is 0 Å².